The van der Waals surface area contributed by atoms with E-state index in [1.807, 2.05) is 23.1 Å². The fourth-order valence-electron chi connectivity index (χ4n) is 4.29. The predicted octanol–water partition coefficient (Wildman–Crippen LogP) is 2.92. The van der Waals surface area contributed by atoms with E-state index in [4.69, 9.17) is 4.74 Å². The van der Waals surface area contributed by atoms with Crippen molar-refractivity contribution in [2.24, 2.45) is 11.3 Å². The highest BCUT2D eigenvalue weighted by Crippen LogP contribution is 2.31. The molecule has 1 amide bonds. The van der Waals surface area contributed by atoms with Crippen LogP contribution in [-0.4, -0.2) is 66.2 Å². The van der Waals surface area contributed by atoms with Crippen molar-refractivity contribution in [2.45, 2.75) is 52.2 Å². The molecule has 1 N–H and O–H groups in total. The summed E-state index contributed by atoms with van der Waals surface area (Å²) in [5, 5.41) is 10.4. The maximum Gasteiger partial charge on any atom is 0.229 e. The molecule has 0 radical (unpaired) electrons. The number of piperidine rings is 1. The molecule has 2 aliphatic rings. The molecule has 0 saturated carbocycles. The van der Waals surface area contributed by atoms with E-state index in [0.29, 0.717) is 19.6 Å². The molecule has 2 aliphatic heterocycles. The minimum Gasteiger partial charge on any atom is -0.392 e. The van der Waals surface area contributed by atoms with Crippen LogP contribution in [0.15, 0.2) is 30.3 Å². The third kappa shape index (κ3) is 6.03. The van der Waals surface area contributed by atoms with Crippen LogP contribution in [0.25, 0.3) is 0 Å². The van der Waals surface area contributed by atoms with E-state index in [1.54, 1.807) is 0 Å². The Morgan fingerprint density at radius 3 is 2.71 bits per heavy atom. The molecule has 1 aromatic rings. The number of carbonyl (C=O) groups excluding carboxylic acids is 1. The van der Waals surface area contributed by atoms with Gasteiger partial charge >= 0.3 is 0 Å². The van der Waals surface area contributed by atoms with Crippen molar-refractivity contribution in [2.75, 3.05) is 39.3 Å². The van der Waals surface area contributed by atoms with E-state index in [-0.39, 0.29) is 17.2 Å². The van der Waals surface area contributed by atoms with Gasteiger partial charge in [-0.15, -0.1) is 0 Å². The number of benzene rings is 1. The van der Waals surface area contributed by atoms with Gasteiger partial charge in [0.1, 0.15) is 0 Å². The molecule has 1 aromatic carbocycles. The second-order valence-electron chi connectivity index (χ2n) is 9.18. The molecule has 28 heavy (non-hydrogen) atoms. The van der Waals surface area contributed by atoms with Crippen LogP contribution in [0.5, 0.6) is 0 Å². The number of likely N-dealkylation sites (tertiary alicyclic amines) is 2. The smallest absolute Gasteiger partial charge is 0.229 e. The average molecular weight is 389 g/mol. The Bertz CT molecular complexity index is 620. The van der Waals surface area contributed by atoms with Crippen LogP contribution in [0.2, 0.25) is 0 Å². The van der Waals surface area contributed by atoms with E-state index in [2.05, 4.69) is 30.9 Å². The van der Waals surface area contributed by atoms with Crippen LogP contribution in [0, 0.1) is 11.3 Å². The number of amides is 1. The standard InChI is InChI=1S/C23H36N2O3/c1-23(2)11-14-25(18-23)22(27)20-16-24(13-10-21(20)26)12-6-7-15-28-17-19-8-4-3-5-9-19/h3-5,8-9,20-21,26H,6-7,10-18H2,1-2H3/t20-,21+/m0/s1. The Morgan fingerprint density at radius 1 is 1.21 bits per heavy atom. The van der Waals surface area contributed by atoms with E-state index in [9.17, 15) is 9.90 Å². The lowest BCUT2D eigenvalue weighted by molar-refractivity contribution is -0.141. The van der Waals surface area contributed by atoms with Crippen LogP contribution in [0.1, 0.15) is 45.1 Å². The first kappa shape index (κ1) is 21.3. The summed E-state index contributed by atoms with van der Waals surface area (Å²) in [5.41, 5.74) is 1.41. The summed E-state index contributed by atoms with van der Waals surface area (Å²) in [6.45, 7) is 10.0. The zero-order valence-corrected chi connectivity index (χ0v) is 17.5. The quantitative estimate of drug-likeness (QED) is 0.696. The molecule has 5 nitrogen and oxygen atoms in total. The Labute approximate surface area is 169 Å². The Hall–Kier alpha value is -1.43. The summed E-state index contributed by atoms with van der Waals surface area (Å²) < 4.78 is 5.75. The summed E-state index contributed by atoms with van der Waals surface area (Å²) in [5.74, 6) is -0.119. The zero-order valence-electron chi connectivity index (χ0n) is 17.5. The van der Waals surface area contributed by atoms with Gasteiger partial charge in [0.25, 0.3) is 0 Å². The molecule has 2 fully saturated rings. The van der Waals surface area contributed by atoms with E-state index >= 15 is 0 Å². The molecule has 5 heteroatoms. The Morgan fingerprint density at radius 2 is 2.00 bits per heavy atom. The number of nitrogens with zero attached hydrogens (tertiary/aromatic N) is 2. The predicted molar refractivity (Wildman–Crippen MR) is 111 cm³/mol. The van der Waals surface area contributed by atoms with Gasteiger partial charge in [0.05, 0.1) is 18.6 Å². The maximum absolute atomic E-state index is 12.9. The number of hydrogen-bond donors (Lipinski definition) is 1. The van der Waals surface area contributed by atoms with Crippen LogP contribution >= 0.6 is 0 Å². The monoisotopic (exact) mass is 388 g/mol. The van der Waals surface area contributed by atoms with Crippen molar-refractivity contribution in [1.82, 2.24) is 9.80 Å². The molecule has 156 valence electrons. The molecule has 2 atom stereocenters. The van der Waals surface area contributed by atoms with Crippen molar-refractivity contribution in [3.8, 4) is 0 Å². The second-order valence-corrected chi connectivity index (χ2v) is 9.18. The molecule has 0 aliphatic carbocycles. The molecule has 3 rings (SSSR count). The minimum absolute atomic E-state index is 0.147. The van der Waals surface area contributed by atoms with Gasteiger partial charge in [-0.3, -0.25) is 4.79 Å². The van der Waals surface area contributed by atoms with Crippen molar-refractivity contribution in [3.63, 3.8) is 0 Å². The lowest BCUT2D eigenvalue weighted by Crippen LogP contribution is -2.51. The Kier molecular flexibility index (Phi) is 7.49. The summed E-state index contributed by atoms with van der Waals surface area (Å²) in [4.78, 5) is 17.2. The van der Waals surface area contributed by atoms with Gasteiger partial charge in [0.2, 0.25) is 5.91 Å². The number of aliphatic hydroxyl groups is 1. The van der Waals surface area contributed by atoms with Crippen LogP contribution in [0.3, 0.4) is 0 Å². The van der Waals surface area contributed by atoms with E-state index < -0.39 is 6.10 Å². The zero-order chi connectivity index (χ0) is 20.0. The maximum atomic E-state index is 12.9. The number of ether oxygens (including phenoxy) is 1. The molecular formula is C23H36N2O3. The van der Waals surface area contributed by atoms with Crippen molar-refractivity contribution < 1.29 is 14.6 Å². The summed E-state index contributed by atoms with van der Waals surface area (Å²) >= 11 is 0. The van der Waals surface area contributed by atoms with Gasteiger partial charge in [-0.25, -0.2) is 0 Å². The molecule has 0 spiro atoms. The second kappa shape index (κ2) is 9.86. The van der Waals surface area contributed by atoms with Gasteiger partial charge < -0.3 is 19.6 Å². The lowest BCUT2D eigenvalue weighted by Gasteiger charge is -2.37. The topological polar surface area (TPSA) is 53.0 Å². The van der Waals surface area contributed by atoms with Crippen LogP contribution in [0.4, 0.5) is 0 Å². The number of unbranched alkanes of at least 4 members (excludes halogenated alkanes) is 1. The first-order chi connectivity index (χ1) is 13.4. The summed E-state index contributed by atoms with van der Waals surface area (Å²) in [6, 6.07) is 10.2. The van der Waals surface area contributed by atoms with Crippen molar-refractivity contribution in [1.29, 1.82) is 0 Å². The number of aliphatic hydroxyl groups excluding tert-OH is 1. The van der Waals surface area contributed by atoms with Crippen LogP contribution < -0.4 is 0 Å². The van der Waals surface area contributed by atoms with E-state index in [0.717, 1.165) is 52.0 Å². The fraction of sp³-hybridized carbons (Fsp3) is 0.696. The van der Waals surface area contributed by atoms with E-state index in [1.165, 1.54) is 5.56 Å². The van der Waals surface area contributed by atoms with Crippen LogP contribution in [-0.2, 0) is 16.1 Å². The first-order valence-electron chi connectivity index (χ1n) is 10.8. The molecule has 2 saturated heterocycles. The van der Waals surface area contributed by atoms with Gasteiger partial charge in [0, 0.05) is 32.8 Å². The highest BCUT2D eigenvalue weighted by molar-refractivity contribution is 5.80. The third-order valence-corrected chi connectivity index (χ3v) is 6.09. The van der Waals surface area contributed by atoms with Crippen molar-refractivity contribution >= 4 is 5.91 Å². The minimum atomic E-state index is -0.498. The van der Waals surface area contributed by atoms with Gasteiger partial charge in [-0.1, -0.05) is 44.2 Å². The van der Waals surface area contributed by atoms with Gasteiger partial charge in [0.15, 0.2) is 0 Å². The molecule has 0 unspecified atom stereocenters. The normalized spacial score (nSPS) is 25.2. The number of rotatable bonds is 8. The number of carbonyl (C=O) groups is 1. The molecular weight excluding hydrogens is 352 g/mol. The number of hydrogen-bond acceptors (Lipinski definition) is 4. The summed E-state index contributed by atoms with van der Waals surface area (Å²) in [6.07, 6.45) is 3.32. The Balaban J connectivity index is 1.35. The van der Waals surface area contributed by atoms with Gasteiger partial charge in [-0.05, 0) is 43.2 Å². The fourth-order valence-corrected chi connectivity index (χ4v) is 4.29. The SMILES string of the molecule is CC1(C)CCN(C(=O)[C@H]2CN(CCCCOCc3ccccc3)CC[C@H]2O)C1. The molecule has 2 heterocycles. The van der Waals surface area contributed by atoms with Gasteiger partial charge in [-0.2, -0.15) is 0 Å². The highest BCUT2D eigenvalue weighted by Gasteiger charge is 2.39. The average Bonchev–Trinajstić information content (AvgIpc) is 3.06. The lowest BCUT2D eigenvalue weighted by atomic mass is 9.92. The largest absolute Gasteiger partial charge is 0.392 e. The molecule has 0 aromatic heterocycles. The molecule has 0 bridgehead atoms. The highest BCUT2D eigenvalue weighted by atomic mass is 16.5. The summed E-state index contributed by atoms with van der Waals surface area (Å²) in [7, 11) is 0. The first-order valence-corrected chi connectivity index (χ1v) is 10.8. The van der Waals surface area contributed by atoms with Crippen molar-refractivity contribution in [3.05, 3.63) is 35.9 Å². The third-order valence-electron chi connectivity index (χ3n) is 6.09.